The number of nitrogens with zero attached hydrogens (tertiary/aromatic N) is 1. The van der Waals surface area contributed by atoms with Crippen LogP contribution in [0.4, 0.5) is 0 Å². The number of phenolic OH excluding ortho intramolecular Hbond substituents is 2. The number of rotatable bonds is 2. The summed E-state index contributed by atoms with van der Waals surface area (Å²) < 4.78 is 0. The van der Waals surface area contributed by atoms with Crippen molar-refractivity contribution in [1.82, 2.24) is 4.90 Å². The van der Waals surface area contributed by atoms with E-state index >= 15 is 0 Å². The van der Waals surface area contributed by atoms with Gasteiger partial charge in [-0.2, -0.15) is 0 Å². The number of benzene rings is 1. The van der Waals surface area contributed by atoms with Gasteiger partial charge < -0.3 is 20.8 Å². The van der Waals surface area contributed by atoms with Crippen LogP contribution in [0, 0.1) is 5.92 Å². The maximum absolute atomic E-state index is 12.3. The van der Waals surface area contributed by atoms with Gasteiger partial charge in [-0.25, -0.2) is 0 Å². The molecule has 18 heavy (non-hydrogen) atoms. The molecule has 1 saturated heterocycles. The van der Waals surface area contributed by atoms with Crippen LogP contribution in [0.15, 0.2) is 18.2 Å². The molecule has 1 aliphatic rings. The Morgan fingerprint density at radius 2 is 2.00 bits per heavy atom. The minimum atomic E-state index is -0.194. The van der Waals surface area contributed by atoms with Gasteiger partial charge >= 0.3 is 0 Å². The fourth-order valence-corrected chi connectivity index (χ4v) is 2.50. The first-order valence-corrected chi connectivity index (χ1v) is 6.07. The van der Waals surface area contributed by atoms with Crippen LogP contribution in [0.3, 0.4) is 0 Å². The van der Waals surface area contributed by atoms with E-state index < -0.39 is 0 Å². The van der Waals surface area contributed by atoms with Crippen molar-refractivity contribution in [3.8, 4) is 11.5 Å². The second-order valence-corrected chi connectivity index (χ2v) is 4.81. The van der Waals surface area contributed by atoms with Gasteiger partial charge in [-0.05, 0) is 24.5 Å². The van der Waals surface area contributed by atoms with Crippen LogP contribution in [0.2, 0.25) is 0 Å². The molecule has 2 atom stereocenters. The normalized spacial score (nSPS) is 23.3. The van der Waals surface area contributed by atoms with E-state index in [0.29, 0.717) is 24.6 Å². The monoisotopic (exact) mass is 250 g/mol. The second-order valence-electron chi connectivity index (χ2n) is 4.81. The van der Waals surface area contributed by atoms with E-state index in [2.05, 4.69) is 6.92 Å². The lowest BCUT2D eigenvalue weighted by atomic mass is 10.0. The Kier molecular flexibility index (Phi) is 3.43. The first kappa shape index (κ1) is 12.7. The highest BCUT2D eigenvalue weighted by molar-refractivity contribution is 5.95. The number of phenols is 2. The number of amides is 1. The van der Waals surface area contributed by atoms with Crippen molar-refractivity contribution < 1.29 is 15.0 Å². The summed E-state index contributed by atoms with van der Waals surface area (Å²) in [4.78, 5) is 14.0. The molecular formula is C13H18N2O3. The van der Waals surface area contributed by atoms with E-state index in [-0.39, 0.29) is 23.4 Å². The zero-order valence-corrected chi connectivity index (χ0v) is 10.3. The van der Waals surface area contributed by atoms with Crippen molar-refractivity contribution in [3.63, 3.8) is 0 Å². The summed E-state index contributed by atoms with van der Waals surface area (Å²) in [5.74, 6) is -0.0457. The molecule has 0 bridgehead atoms. The van der Waals surface area contributed by atoms with E-state index in [1.807, 2.05) is 0 Å². The molecule has 0 saturated carbocycles. The molecule has 0 radical (unpaired) electrons. The Labute approximate surface area is 106 Å². The van der Waals surface area contributed by atoms with Gasteiger partial charge in [0.1, 0.15) is 11.5 Å². The first-order chi connectivity index (χ1) is 8.52. The fraction of sp³-hybridized carbons (Fsp3) is 0.462. The molecule has 5 heteroatoms. The van der Waals surface area contributed by atoms with Gasteiger partial charge in [0, 0.05) is 30.8 Å². The Bertz CT molecular complexity index is 441. The molecule has 0 spiro atoms. The average molecular weight is 250 g/mol. The van der Waals surface area contributed by atoms with Crippen molar-refractivity contribution in [2.45, 2.75) is 19.4 Å². The summed E-state index contributed by atoms with van der Waals surface area (Å²) in [6.07, 6.45) is 0.929. The second kappa shape index (κ2) is 4.86. The third-order valence-corrected chi connectivity index (χ3v) is 3.53. The lowest BCUT2D eigenvalue weighted by Crippen LogP contribution is -2.42. The molecule has 1 aromatic rings. The zero-order chi connectivity index (χ0) is 13.3. The van der Waals surface area contributed by atoms with Crippen LogP contribution >= 0.6 is 0 Å². The summed E-state index contributed by atoms with van der Waals surface area (Å²) in [5, 5.41) is 18.8. The lowest BCUT2D eigenvalue weighted by Gasteiger charge is -2.25. The quantitative estimate of drug-likeness (QED) is 0.728. The highest BCUT2D eigenvalue weighted by atomic mass is 16.3. The number of hydrogen-bond acceptors (Lipinski definition) is 4. The molecule has 1 aliphatic heterocycles. The van der Waals surface area contributed by atoms with Crippen LogP contribution in [-0.2, 0) is 0 Å². The maximum atomic E-state index is 12.3. The summed E-state index contributed by atoms with van der Waals surface area (Å²) in [6.45, 7) is 3.17. The van der Waals surface area contributed by atoms with Crippen LogP contribution in [0.1, 0.15) is 23.7 Å². The maximum Gasteiger partial charge on any atom is 0.254 e. The molecule has 1 amide bonds. The van der Waals surface area contributed by atoms with E-state index in [1.54, 1.807) is 4.90 Å². The third kappa shape index (κ3) is 2.26. The van der Waals surface area contributed by atoms with E-state index in [1.165, 1.54) is 18.2 Å². The van der Waals surface area contributed by atoms with Crippen LogP contribution in [0.25, 0.3) is 0 Å². The molecule has 4 N–H and O–H groups in total. The Morgan fingerprint density at radius 1 is 1.39 bits per heavy atom. The van der Waals surface area contributed by atoms with Crippen molar-refractivity contribution >= 4 is 5.91 Å². The molecule has 98 valence electrons. The minimum Gasteiger partial charge on any atom is -0.508 e. The van der Waals surface area contributed by atoms with E-state index in [4.69, 9.17) is 5.73 Å². The summed E-state index contributed by atoms with van der Waals surface area (Å²) in [6, 6.07) is 3.95. The Hall–Kier alpha value is -1.75. The molecule has 5 nitrogen and oxygen atoms in total. The number of carbonyl (C=O) groups excluding carboxylic acids is 1. The standard InChI is InChI=1S/C13H18N2O3/c1-8-2-3-15(12(8)7-14)13(18)9-4-10(16)6-11(17)5-9/h4-6,8,12,16-17H,2-3,7,14H2,1H3. The molecular weight excluding hydrogens is 232 g/mol. The van der Waals surface area contributed by atoms with Crippen molar-refractivity contribution in [1.29, 1.82) is 0 Å². The number of aromatic hydroxyl groups is 2. The minimum absolute atomic E-state index is 0.0296. The largest absolute Gasteiger partial charge is 0.508 e. The van der Waals surface area contributed by atoms with Crippen molar-refractivity contribution in [2.24, 2.45) is 11.7 Å². The van der Waals surface area contributed by atoms with Gasteiger partial charge in [-0.1, -0.05) is 6.92 Å². The van der Waals surface area contributed by atoms with Crippen LogP contribution in [-0.4, -0.2) is 40.2 Å². The lowest BCUT2D eigenvalue weighted by molar-refractivity contribution is 0.0726. The predicted octanol–water partition coefficient (Wildman–Crippen LogP) is 0.907. The van der Waals surface area contributed by atoms with Crippen molar-refractivity contribution in [2.75, 3.05) is 13.1 Å². The number of nitrogens with two attached hydrogens (primary N) is 1. The number of hydrogen-bond donors (Lipinski definition) is 3. The fourth-order valence-electron chi connectivity index (χ4n) is 2.50. The first-order valence-electron chi connectivity index (χ1n) is 6.07. The molecule has 1 aromatic carbocycles. The number of likely N-dealkylation sites (tertiary alicyclic amines) is 1. The topological polar surface area (TPSA) is 86.8 Å². The molecule has 2 unspecified atom stereocenters. The van der Waals surface area contributed by atoms with Gasteiger partial charge in [0.25, 0.3) is 5.91 Å². The highest BCUT2D eigenvalue weighted by Crippen LogP contribution is 2.27. The molecule has 0 aliphatic carbocycles. The summed E-state index contributed by atoms with van der Waals surface area (Å²) in [5.41, 5.74) is 5.99. The molecule has 0 aromatic heterocycles. The van der Waals surface area contributed by atoms with Gasteiger partial charge in [0.15, 0.2) is 0 Å². The Balaban J connectivity index is 2.25. The zero-order valence-electron chi connectivity index (χ0n) is 10.3. The molecule has 1 heterocycles. The van der Waals surface area contributed by atoms with E-state index in [0.717, 1.165) is 6.42 Å². The summed E-state index contributed by atoms with van der Waals surface area (Å²) in [7, 11) is 0. The van der Waals surface area contributed by atoms with Gasteiger partial charge in [-0.3, -0.25) is 4.79 Å². The Morgan fingerprint density at radius 3 is 2.56 bits per heavy atom. The average Bonchev–Trinajstić information content (AvgIpc) is 2.68. The van der Waals surface area contributed by atoms with E-state index in [9.17, 15) is 15.0 Å². The van der Waals surface area contributed by atoms with Gasteiger partial charge in [0.2, 0.25) is 0 Å². The van der Waals surface area contributed by atoms with Gasteiger partial charge in [-0.15, -0.1) is 0 Å². The third-order valence-electron chi connectivity index (χ3n) is 3.53. The molecule has 2 rings (SSSR count). The SMILES string of the molecule is CC1CCN(C(=O)c2cc(O)cc(O)c2)C1CN. The predicted molar refractivity (Wildman–Crippen MR) is 67.4 cm³/mol. The summed E-state index contributed by atoms with van der Waals surface area (Å²) >= 11 is 0. The smallest absolute Gasteiger partial charge is 0.254 e. The van der Waals surface area contributed by atoms with Crippen LogP contribution < -0.4 is 5.73 Å². The van der Waals surface area contributed by atoms with Crippen molar-refractivity contribution in [3.05, 3.63) is 23.8 Å². The van der Waals surface area contributed by atoms with Gasteiger partial charge in [0.05, 0.1) is 0 Å². The molecule has 1 fully saturated rings. The van der Waals surface area contributed by atoms with Crippen LogP contribution in [0.5, 0.6) is 11.5 Å². The number of carbonyl (C=O) groups is 1. The highest BCUT2D eigenvalue weighted by Gasteiger charge is 2.33.